The number of carbonyl (C=O) groups is 1. The number of nitrogens with one attached hydrogen (secondary N) is 1. The van der Waals surface area contributed by atoms with E-state index in [1.54, 1.807) is 0 Å². The Labute approximate surface area is 170 Å². The van der Waals surface area contributed by atoms with Crippen molar-refractivity contribution >= 4 is 17.5 Å². The molecule has 1 aromatic heterocycles. The predicted molar refractivity (Wildman–Crippen MR) is 113 cm³/mol. The zero-order valence-corrected chi connectivity index (χ0v) is 16.7. The summed E-state index contributed by atoms with van der Waals surface area (Å²) in [6, 6.07) is 17.4. The number of benzene rings is 2. The van der Waals surface area contributed by atoms with E-state index in [9.17, 15) is 4.79 Å². The lowest BCUT2D eigenvalue weighted by Crippen LogP contribution is -2.33. The van der Waals surface area contributed by atoms with E-state index in [1.807, 2.05) is 59.5 Å². The van der Waals surface area contributed by atoms with E-state index in [2.05, 4.69) is 17.1 Å². The minimum Gasteiger partial charge on any atom is -0.338 e. The number of aromatic nitrogens is 2. The fourth-order valence-electron chi connectivity index (χ4n) is 3.37. The molecule has 4 nitrogen and oxygen atoms in total. The van der Waals surface area contributed by atoms with Crippen LogP contribution in [-0.4, -0.2) is 34.1 Å². The molecule has 1 N–H and O–H groups in total. The number of nitrogens with zero attached hydrogens (tertiary/aromatic N) is 2. The summed E-state index contributed by atoms with van der Waals surface area (Å²) in [6.07, 6.45) is 3.49. The van der Waals surface area contributed by atoms with Crippen LogP contribution in [0, 0.1) is 5.92 Å². The Kier molecular flexibility index (Phi) is 5.49. The highest BCUT2D eigenvalue weighted by Gasteiger charge is 2.26. The molecule has 3 aromatic rings. The van der Waals surface area contributed by atoms with Crippen molar-refractivity contribution < 1.29 is 4.79 Å². The van der Waals surface area contributed by atoms with Crippen LogP contribution >= 0.6 is 11.6 Å². The Morgan fingerprint density at radius 2 is 1.79 bits per heavy atom. The second-order valence-electron chi connectivity index (χ2n) is 7.45. The van der Waals surface area contributed by atoms with Crippen LogP contribution in [0.25, 0.3) is 22.5 Å². The predicted octanol–water partition coefficient (Wildman–Crippen LogP) is 5.66. The van der Waals surface area contributed by atoms with E-state index in [0.717, 1.165) is 47.6 Å². The lowest BCUT2D eigenvalue weighted by Gasteiger charge is -2.22. The molecule has 0 atom stereocenters. The maximum absolute atomic E-state index is 12.9. The molecule has 0 bridgehead atoms. The molecule has 1 amide bonds. The molecular formula is C23H24ClN3O. The van der Waals surface area contributed by atoms with Gasteiger partial charge >= 0.3 is 0 Å². The van der Waals surface area contributed by atoms with Gasteiger partial charge < -0.3 is 4.90 Å². The molecule has 1 aliphatic carbocycles. The Hall–Kier alpha value is -2.59. The average Bonchev–Trinajstić information content (AvgIpc) is 3.40. The van der Waals surface area contributed by atoms with Crippen LogP contribution < -0.4 is 0 Å². The van der Waals surface area contributed by atoms with Crippen LogP contribution in [0.3, 0.4) is 0 Å². The Morgan fingerprint density at radius 1 is 1.11 bits per heavy atom. The lowest BCUT2D eigenvalue weighted by atomic mass is 10.1. The van der Waals surface area contributed by atoms with Gasteiger partial charge in [-0.15, -0.1) is 0 Å². The molecule has 4 rings (SSSR count). The number of hydrogen-bond donors (Lipinski definition) is 1. The standard InChI is InChI=1S/C23H24ClN3O/c1-2-13-27(15-16-3-4-16)23(28)19-7-5-17(6-8-19)21-14-22(26-25-21)18-9-11-20(24)12-10-18/h5-12,14,16H,2-4,13,15H2,1H3,(H,25,26). The van der Waals surface area contributed by atoms with Gasteiger partial charge in [0.1, 0.15) is 0 Å². The quantitative estimate of drug-likeness (QED) is 0.563. The van der Waals surface area contributed by atoms with Crippen LogP contribution in [0.2, 0.25) is 5.02 Å². The monoisotopic (exact) mass is 393 g/mol. The summed E-state index contributed by atoms with van der Waals surface area (Å²) in [5.41, 5.74) is 4.55. The summed E-state index contributed by atoms with van der Waals surface area (Å²) >= 11 is 5.96. The average molecular weight is 394 g/mol. The van der Waals surface area contributed by atoms with Crippen LogP contribution in [0.15, 0.2) is 54.6 Å². The van der Waals surface area contributed by atoms with Gasteiger partial charge in [-0.1, -0.05) is 42.8 Å². The van der Waals surface area contributed by atoms with Crippen molar-refractivity contribution in [2.24, 2.45) is 5.92 Å². The fourth-order valence-corrected chi connectivity index (χ4v) is 3.50. The summed E-state index contributed by atoms with van der Waals surface area (Å²) < 4.78 is 0. The third-order valence-electron chi connectivity index (χ3n) is 5.12. The van der Waals surface area contributed by atoms with E-state index in [1.165, 1.54) is 12.8 Å². The van der Waals surface area contributed by atoms with Gasteiger partial charge in [0.15, 0.2) is 0 Å². The van der Waals surface area contributed by atoms with E-state index in [4.69, 9.17) is 11.6 Å². The molecule has 1 heterocycles. The molecule has 5 heteroatoms. The van der Waals surface area contributed by atoms with Gasteiger partial charge in [-0.05, 0) is 61.1 Å². The molecule has 1 fully saturated rings. The summed E-state index contributed by atoms with van der Waals surface area (Å²) in [5, 5.41) is 8.20. The maximum Gasteiger partial charge on any atom is 0.253 e. The molecule has 0 radical (unpaired) electrons. The minimum atomic E-state index is 0.129. The first kappa shape index (κ1) is 18.8. The molecule has 0 spiro atoms. The van der Waals surface area contributed by atoms with Gasteiger partial charge in [0.2, 0.25) is 0 Å². The van der Waals surface area contributed by atoms with E-state index >= 15 is 0 Å². The van der Waals surface area contributed by atoms with E-state index in [0.29, 0.717) is 10.9 Å². The molecule has 144 valence electrons. The topological polar surface area (TPSA) is 49.0 Å². The second kappa shape index (κ2) is 8.19. The SMILES string of the molecule is CCCN(CC1CC1)C(=O)c1ccc(-c2cc(-c3ccc(Cl)cc3)[nH]n2)cc1. The number of hydrogen-bond acceptors (Lipinski definition) is 2. The van der Waals surface area contributed by atoms with E-state index < -0.39 is 0 Å². The largest absolute Gasteiger partial charge is 0.338 e. The third kappa shape index (κ3) is 4.28. The van der Waals surface area contributed by atoms with Gasteiger partial charge in [-0.3, -0.25) is 9.89 Å². The molecule has 1 saturated carbocycles. The first-order valence-corrected chi connectivity index (χ1v) is 10.2. The van der Waals surface area contributed by atoms with Gasteiger partial charge in [-0.2, -0.15) is 5.10 Å². The number of carbonyl (C=O) groups excluding carboxylic acids is 1. The van der Waals surface area contributed by atoms with Crippen molar-refractivity contribution in [3.05, 3.63) is 65.2 Å². The molecular weight excluding hydrogens is 370 g/mol. The molecule has 2 aromatic carbocycles. The summed E-state index contributed by atoms with van der Waals surface area (Å²) in [7, 11) is 0. The zero-order chi connectivity index (χ0) is 19.5. The summed E-state index contributed by atoms with van der Waals surface area (Å²) in [6.45, 7) is 3.82. The number of rotatable bonds is 7. The van der Waals surface area contributed by atoms with Crippen molar-refractivity contribution in [2.75, 3.05) is 13.1 Å². The Bertz CT molecular complexity index is 943. The van der Waals surface area contributed by atoms with Gasteiger partial charge in [0, 0.05) is 29.2 Å². The van der Waals surface area contributed by atoms with Gasteiger partial charge in [0.05, 0.1) is 11.4 Å². The van der Waals surface area contributed by atoms with E-state index in [-0.39, 0.29) is 5.91 Å². The third-order valence-corrected chi connectivity index (χ3v) is 5.37. The highest BCUT2D eigenvalue weighted by molar-refractivity contribution is 6.30. The smallest absolute Gasteiger partial charge is 0.253 e. The van der Waals surface area contributed by atoms with Crippen LogP contribution in [-0.2, 0) is 0 Å². The Morgan fingerprint density at radius 3 is 2.43 bits per heavy atom. The van der Waals surface area contributed by atoms with Crippen molar-refractivity contribution in [1.82, 2.24) is 15.1 Å². The van der Waals surface area contributed by atoms with Crippen LogP contribution in [0.4, 0.5) is 0 Å². The highest BCUT2D eigenvalue weighted by atomic mass is 35.5. The van der Waals surface area contributed by atoms with Crippen molar-refractivity contribution in [1.29, 1.82) is 0 Å². The molecule has 0 aliphatic heterocycles. The number of H-pyrrole nitrogens is 1. The lowest BCUT2D eigenvalue weighted by molar-refractivity contribution is 0.0748. The molecule has 0 saturated heterocycles. The number of amides is 1. The number of halogens is 1. The van der Waals surface area contributed by atoms with Crippen LogP contribution in [0.5, 0.6) is 0 Å². The van der Waals surface area contributed by atoms with Crippen molar-refractivity contribution in [2.45, 2.75) is 26.2 Å². The summed E-state index contributed by atoms with van der Waals surface area (Å²) in [4.78, 5) is 14.9. The number of aromatic amines is 1. The molecule has 1 aliphatic rings. The molecule has 0 unspecified atom stereocenters. The first-order chi connectivity index (χ1) is 13.6. The second-order valence-corrected chi connectivity index (χ2v) is 7.88. The first-order valence-electron chi connectivity index (χ1n) is 9.85. The van der Waals surface area contributed by atoms with Crippen molar-refractivity contribution in [3.8, 4) is 22.5 Å². The normalized spacial score (nSPS) is 13.5. The van der Waals surface area contributed by atoms with Crippen LogP contribution in [0.1, 0.15) is 36.5 Å². The van der Waals surface area contributed by atoms with Crippen molar-refractivity contribution in [3.63, 3.8) is 0 Å². The maximum atomic E-state index is 12.9. The van der Waals surface area contributed by atoms with Gasteiger partial charge in [0.25, 0.3) is 5.91 Å². The Balaban J connectivity index is 1.49. The summed E-state index contributed by atoms with van der Waals surface area (Å²) in [5.74, 6) is 0.828. The highest BCUT2D eigenvalue weighted by Crippen LogP contribution is 2.30. The van der Waals surface area contributed by atoms with Gasteiger partial charge in [-0.25, -0.2) is 0 Å². The fraction of sp³-hybridized carbons (Fsp3) is 0.304. The minimum absolute atomic E-state index is 0.129. The zero-order valence-electron chi connectivity index (χ0n) is 16.0. The molecule has 28 heavy (non-hydrogen) atoms.